The van der Waals surface area contributed by atoms with Crippen molar-refractivity contribution in [3.63, 3.8) is 0 Å². The molecule has 1 N–H and O–H groups in total. The molecule has 0 saturated heterocycles. The van der Waals surface area contributed by atoms with Crippen molar-refractivity contribution in [2.45, 2.75) is 65.3 Å². The number of nitrogens with one attached hydrogen (secondary N) is 1. The van der Waals surface area contributed by atoms with Crippen molar-refractivity contribution >= 4 is 17.7 Å². The van der Waals surface area contributed by atoms with E-state index >= 15 is 0 Å². The second kappa shape index (κ2) is 10.2. The number of alkyl carbamates (subject to hydrolysis) is 1. The van der Waals surface area contributed by atoms with Gasteiger partial charge in [-0.25, -0.2) is 14.8 Å². The van der Waals surface area contributed by atoms with Gasteiger partial charge in [-0.05, 0) is 75.9 Å². The highest BCUT2D eigenvalue weighted by atomic mass is 35.5. The molecule has 0 radical (unpaired) electrons. The molecule has 10 heteroatoms. The summed E-state index contributed by atoms with van der Waals surface area (Å²) in [6.07, 6.45) is -3.51. The van der Waals surface area contributed by atoms with Gasteiger partial charge in [-0.1, -0.05) is 13.8 Å². The van der Waals surface area contributed by atoms with Crippen molar-refractivity contribution in [3.8, 4) is 17.0 Å². The summed E-state index contributed by atoms with van der Waals surface area (Å²) in [5, 5.41) is 2.68. The molecule has 0 aliphatic rings. The molecule has 182 valence electrons. The highest BCUT2D eigenvalue weighted by molar-refractivity contribution is 6.28. The van der Waals surface area contributed by atoms with Crippen molar-refractivity contribution in [1.82, 2.24) is 15.3 Å². The molecule has 2 aromatic rings. The Morgan fingerprint density at radius 3 is 2.36 bits per heavy atom. The van der Waals surface area contributed by atoms with Crippen LogP contribution in [0, 0.1) is 5.92 Å². The van der Waals surface area contributed by atoms with E-state index < -0.39 is 29.0 Å². The van der Waals surface area contributed by atoms with Crippen molar-refractivity contribution in [3.05, 3.63) is 41.3 Å². The molecular weight excluding hydrogens is 459 g/mol. The van der Waals surface area contributed by atoms with Crippen LogP contribution < -0.4 is 10.1 Å². The van der Waals surface area contributed by atoms with E-state index in [2.05, 4.69) is 15.3 Å². The minimum atomic E-state index is -4.67. The van der Waals surface area contributed by atoms with E-state index in [0.717, 1.165) is 6.07 Å². The van der Waals surface area contributed by atoms with Crippen LogP contribution >= 0.6 is 11.6 Å². The molecule has 1 heterocycles. The number of carbonyl (C=O) groups is 1. The molecule has 0 fully saturated rings. The third-order valence-corrected chi connectivity index (χ3v) is 4.60. The molecule has 1 atom stereocenters. The van der Waals surface area contributed by atoms with Gasteiger partial charge >= 0.3 is 12.3 Å². The lowest BCUT2D eigenvalue weighted by atomic mass is 9.91. The van der Waals surface area contributed by atoms with Gasteiger partial charge in [0.15, 0.2) is 0 Å². The predicted molar refractivity (Wildman–Crippen MR) is 120 cm³/mol. The number of halogens is 4. The fraction of sp³-hybridized carbons (Fsp3) is 0.522. The lowest BCUT2D eigenvalue weighted by Crippen LogP contribution is -2.52. The molecule has 6 nitrogen and oxygen atoms in total. The highest BCUT2D eigenvalue weighted by Crippen LogP contribution is 2.39. The highest BCUT2D eigenvalue weighted by Gasteiger charge is 2.36. The summed E-state index contributed by atoms with van der Waals surface area (Å²) in [7, 11) is 0. The predicted octanol–water partition coefficient (Wildman–Crippen LogP) is 6.52. The normalized spacial score (nSPS) is 14.0. The number of alkyl halides is 3. The van der Waals surface area contributed by atoms with Gasteiger partial charge in [0.05, 0.1) is 16.8 Å². The fourth-order valence-electron chi connectivity index (χ4n) is 3.37. The Morgan fingerprint density at radius 1 is 1.15 bits per heavy atom. The molecule has 0 bridgehead atoms. The smallest absolute Gasteiger partial charge is 0.419 e. The third kappa shape index (κ3) is 8.38. The first-order valence-corrected chi connectivity index (χ1v) is 10.8. The average molecular weight is 488 g/mol. The summed E-state index contributed by atoms with van der Waals surface area (Å²) in [4.78, 5) is 20.0. The van der Waals surface area contributed by atoms with E-state index in [0.29, 0.717) is 6.42 Å². The summed E-state index contributed by atoms with van der Waals surface area (Å²) in [5.41, 5.74) is -2.16. The molecule has 0 aliphatic carbocycles. The van der Waals surface area contributed by atoms with Crippen LogP contribution in [0.25, 0.3) is 11.3 Å². The van der Waals surface area contributed by atoms with Crippen LogP contribution in [-0.4, -0.2) is 33.8 Å². The Kier molecular flexibility index (Phi) is 8.22. The maximum Gasteiger partial charge on any atom is 0.419 e. The maximum absolute atomic E-state index is 13.8. The number of benzene rings is 1. The number of hydrogen-bond donors (Lipinski definition) is 1. The number of carbonyl (C=O) groups excluding carboxylic acids is 1. The van der Waals surface area contributed by atoms with Crippen molar-refractivity contribution < 1.29 is 27.4 Å². The third-order valence-electron chi connectivity index (χ3n) is 4.41. The van der Waals surface area contributed by atoms with Gasteiger partial charge in [-0.15, -0.1) is 0 Å². The van der Waals surface area contributed by atoms with Gasteiger partial charge in [0.2, 0.25) is 5.28 Å². The van der Waals surface area contributed by atoms with Gasteiger partial charge in [0.25, 0.3) is 0 Å². The summed E-state index contributed by atoms with van der Waals surface area (Å²) in [5.74, 6) is -0.215. The first-order chi connectivity index (χ1) is 15.1. The van der Waals surface area contributed by atoms with Crippen LogP contribution in [0.3, 0.4) is 0 Å². The summed E-state index contributed by atoms with van der Waals surface area (Å²) < 4.78 is 52.4. The van der Waals surface area contributed by atoms with Crippen LogP contribution in [0.5, 0.6) is 5.75 Å². The van der Waals surface area contributed by atoms with E-state index in [1.807, 2.05) is 13.8 Å². The molecule has 0 saturated carbocycles. The van der Waals surface area contributed by atoms with E-state index in [9.17, 15) is 18.0 Å². The first-order valence-electron chi connectivity index (χ1n) is 10.4. The van der Waals surface area contributed by atoms with Crippen LogP contribution in [0.2, 0.25) is 5.28 Å². The fourth-order valence-corrected chi connectivity index (χ4v) is 3.51. The van der Waals surface area contributed by atoms with E-state index in [4.69, 9.17) is 21.1 Å². The Morgan fingerprint density at radius 2 is 1.82 bits per heavy atom. The SMILES string of the molecule is CC(C)CC(C)(COc1ccc(-c2ccnc(Cl)n2)cc1C(F)(F)F)NC(=O)OC(C)(C)C. The van der Waals surface area contributed by atoms with Crippen LogP contribution in [0.4, 0.5) is 18.0 Å². The molecule has 1 aromatic heterocycles. The number of ether oxygens (including phenoxy) is 2. The average Bonchev–Trinajstić information content (AvgIpc) is 2.63. The Bertz CT molecular complexity index is 977. The van der Waals surface area contributed by atoms with Crippen LogP contribution in [-0.2, 0) is 10.9 Å². The Balaban J connectivity index is 2.31. The minimum Gasteiger partial charge on any atom is -0.491 e. The quantitative estimate of drug-likeness (QED) is 0.450. The summed E-state index contributed by atoms with van der Waals surface area (Å²) in [6.45, 7) is 10.6. The summed E-state index contributed by atoms with van der Waals surface area (Å²) in [6, 6.07) is 5.11. The van der Waals surface area contributed by atoms with Crippen LogP contribution in [0.1, 0.15) is 53.5 Å². The van der Waals surface area contributed by atoms with E-state index in [1.165, 1.54) is 24.4 Å². The second-order valence-corrected chi connectivity index (χ2v) is 9.83. The van der Waals surface area contributed by atoms with Gasteiger partial charge in [0.1, 0.15) is 18.0 Å². The molecular formula is C23H29ClF3N3O3. The lowest BCUT2D eigenvalue weighted by molar-refractivity contribution is -0.139. The number of rotatable bonds is 7. The zero-order valence-corrected chi connectivity index (χ0v) is 20.3. The number of hydrogen-bond acceptors (Lipinski definition) is 5. The standard InChI is InChI=1S/C23H29ClF3N3O3/c1-14(2)12-22(6,30-20(31)33-21(3,4)5)13-32-18-8-7-15(11-16(18)23(25,26)27)17-9-10-28-19(24)29-17/h7-11,14H,12-13H2,1-6H3,(H,30,31). The topological polar surface area (TPSA) is 73.3 Å². The molecule has 0 spiro atoms. The zero-order valence-electron chi connectivity index (χ0n) is 19.5. The van der Waals surface area contributed by atoms with Gasteiger partial charge < -0.3 is 14.8 Å². The van der Waals surface area contributed by atoms with Gasteiger partial charge in [-0.2, -0.15) is 13.2 Å². The number of amides is 1. The number of nitrogens with zero attached hydrogens (tertiary/aromatic N) is 2. The molecule has 1 aromatic carbocycles. The minimum absolute atomic E-state index is 0.0703. The largest absolute Gasteiger partial charge is 0.491 e. The molecule has 33 heavy (non-hydrogen) atoms. The molecule has 0 aliphatic heterocycles. The molecule has 1 unspecified atom stereocenters. The van der Waals surface area contributed by atoms with Gasteiger partial charge in [0, 0.05) is 11.8 Å². The monoisotopic (exact) mass is 487 g/mol. The van der Waals surface area contributed by atoms with Crippen LogP contribution in [0.15, 0.2) is 30.5 Å². The van der Waals surface area contributed by atoms with Crippen molar-refractivity contribution in [2.24, 2.45) is 5.92 Å². The number of aromatic nitrogens is 2. The maximum atomic E-state index is 13.8. The van der Waals surface area contributed by atoms with Gasteiger partial charge in [-0.3, -0.25) is 0 Å². The van der Waals surface area contributed by atoms with Crippen molar-refractivity contribution in [1.29, 1.82) is 0 Å². The lowest BCUT2D eigenvalue weighted by Gasteiger charge is -2.33. The Hall–Kier alpha value is -2.55. The zero-order chi connectivity index (χ0) is 25.0. The second-order valence-electron chi connectivity index (χ2n) is 9.49. The van der Waals surface area contributed by atoms with E-state index in [1.54, 1.807) is 27.7 Å². The first kappa shape index (κ1) is 26.7. The molecule has 1 amide bonds. The molecule has 2 rings (SSSR count). The summed E-state index contributed by atoms with van der Waals surface area (Å²) >= 11 is 5.76. The van der Waals surface area contributed by atoms with Crippen molar-refractivity contribution in [2.75, 3.05) is 6.61 Å². The van der Waals surface area contributed by atoms with E-state index in [-0.39, 0.29) is 34.8 Å². The Labute approximate surface area is 196 Å².